The Hall–Kier alpha value is -0.210. The molecule has 0 spiro atoms. The molecule has 0 aromatic rings. The molecule has 0 aliphatic heterocycles. The van der Waals surface area contributed by atoms with Crippen LogP contribution in [0.15, 0.2) is 10.8 Å². The van der Waals surface area contributed by atoms with E-state index in [0.29, 0.717) is 25.2 Å². The lowest BCUT2D eigenvalue weighted by atomic mass is 10.0. The topological polar surface area (TPSA) is 26.3 Å². The maximum atomic E-state index is 11.1. The van der Waals surface area contributed by atoms with E-state index in [4.69, 9.17) is 27.9 Å². The molecule has 0 saturated heterocycles. The number of rotatable bonds is 2. The largest absolute Gasteiger partial charge is 0.495 e. The van der Waals surface area contributed by atoms with E-state index in [2.05, 4.69) is 0 Å². The minimum Gasteiger partial charge on any atom is -0.495 e. The van der Waals surface area contributed by atoms with Crippen molar-refractivity contribution in [3.63, 3.8) is 0 Å². The first-order valence-electron chi connectivity index (χ1n) is 3.86. The third kappa shape index (κ3) is 1.93. The van der Waals surface area contributed by atoms with Crippen LogP contribution in [-0.4, -0.2) is 17.8 Å². The highest BCUT2D eigenvalue weighted by molar-refractivity contribution is 6.44. The number of Topliss-reactive ketones (excluding diaryl/α,β-unsaturated/α-hetero) is 1. The SMILES string of the molecule is CCOC1=C(Cl)C(=O)CC[C@@H]1Cl. The van der Waals surface area contributed by atoms with E-state index in [1.807, 2.05) is 6.92 Å². The van der Waals surface area contributed by atoms with Crippen molar-refractivity contribution in [3.8, 4) is 0 Å². The number of halogens is 2. The van der Waals surface area contributed by atoms with Crippen LogP contribution >= 0.6 is 23.2 Å². The van der Waals surface area contributed by atoms with E-state index in [1.54, 1.807) is 0 Å². The van der Waals surface area contributed by atoms with E-state index in [-0.39, 0.29) is 16.2 Å². The molecule has 0 aromatic carbocycles. The van der Waals surface area contributed by atoms with E-state index in [9.17, 15) is 4.79 Å². The lowest BCUT2D eigenvalue weighted by molar-refractivity contribution is -0.115. The molecule has 0 amide bonds. The summed E-state index contributed by atoms with van der Waals surface area (Å²) in [4.78, 5) is 11.1. The van der Waals surface area contributed by atoms with E-state index in [1.165, 1.54) is 0 Å². The number of alkyl halides is 1. The molecule has 0 bridgehead atoms. The Balaban J connectivity index is 2.85. The van der Waals surface area contributed by atoms with Crippen molar-refractivity contribution in [1.82, 2.24) is 0 Å². The van der Waals surface area contributed by atoms with Crippen LogP contribution in [-0.2, 0) is 9.53 Å². The van der Waals surface area contributed by atoms with Gasteiger partial charge < -0.3 is 4.74 Å². The van der Waals surface area contributed by atoms with Crippen molar-refractivity contribution in [3.05, 3.63) is 10.8 Å². The zero-order valence-corrected chi connectivity index (χ0v) is 8.28. The van der Waals surface area contributed by atoms with E-state index >= 15 is 0 Å². The normalized spacial score (nSPS) is 24.6. The molecular weight excluding hydrogens is 199 g/mol. The van der Waals surface area contributed by atoms with Gasteiger partial charge >= 0.3 is 0 Å². The van der Waals surface area contributed by atoms with Gasteiger partial charge in [-0.1, -0.05) is 11.6 Å². The third-order valence-corrected chi connectivity index (χ3v) is 2.48. The molecule has 0 unspecified atom stereocenters. The molecule has 1 aliphatic carbocycles. The Labute approximate surface area is 81.5 Å². The summed E-state index contributed by atoms with van der Waals surface area (Å²) >= 11 is 11.6. The highest BCUT2D eigenvalue weighted by atomic mass is 35.5. The summed E-state index contributed by atoms with van der Waals surface area (Å²) in [5.41, 5.74) is 0. The average Bonchev–Trinajstić information content (AvgIpc) is 2.06. The van der Waals surface area contributed by atoms with Gasteiger partial charge in [-0.25, -0.2) is 0 Å². The predicted octanol–water partition coefficient (Wildman–Crippen LogP) is 2.44. The zero-order valence-electron chi connectivity index (χ0n) is 6.77. The van der Waals surface area contributed by atoms with Crippen LogP contribution in [0.4, 0.5) is 0 Å². The van der Waals surface area contributed by atoms with Gasteiger partial charge in [0, 0.05) is 6.42 Å². The molecule has 2 nitrogen and oxygen atoms in total. The second-order valence-electron chi connectivity index (χ2n) is 2.54. The first-order valence-corrected chi connectivity index (χ1v) is 4.68. The smallest absolute Gasteiger partial charge is 0.177 e. The molecule has 0 fully saturated rings. The molecule has 0 heterocycles. The van der Waals surface area contributed by atoms with Crippen LogP contribution in [0.5, 0.6) is 0 Å². The fourth-order valence-electron chi connectivity index (χ4n) is 1.08. The highest BCUT2D eigenvalue weighted by Gasteiger charge is 2.27. The molecule has 0 N–H and O–H groups in total. The maximum absolute atomic E-state index is 11.1. The number of ketones is 1. The van der Waals surface area contributed by atoms with E-state index in [0.717, 1.165) is 0 Å². The Bertz CT molecular complexity index is 223. The van der Waals surface area contributed by atoms with Gasteiger partial charge in [0.05, 0.1) is 12.0 Å². The first-order chi connectivity index (χ1) is 5.66. The third-order valence-electron chi connectivity index (χ3n) is 1.67. The van der Waals surface area contributed by atoms with E-state index < -0.39 is 0 Å². The van der Waals surface area contributed by atoms with Gasteiger partial charge in [0.1, 0.15) is 10.8 Å². The lowest BCUT2D eigenvalue weighted by Gasteiger charge is -2.19. The van der Waals surface area contributed by atoms with Gasteiger partial charge in [0.25, 0.3) is 0 Å². The lowest BCUT2D eigenvalue weighted by Crippen LogP contribution is -2.19. The maximum Gasteiger partial charge on any atom is 0.177 e. The molecule has 68 valence electrons. The summed E-state index contributed by atoms with van der Waals surface area (Å²) in [6.07, 6.45) is 1.04. The van der Waals surface area contributed by atoms with Crippen molar-refractivity contribution in [2.45, 2.75) is 25.1 Å². The highest BCUT2D eigenvalue weighted by Crippen LogP contribution is 2.29. The second-order valence-corrected chi connectivity index (χ2v) is 3.45. The van der Waals surface area contributed by atoms with Crippen molar-refractivity contribution in [2.75, 3.05) is 6.61 Å². The van der Waals surface area contributed by atoms with Crippen LogP contribution in [0.25, 0.3) is 0 Å². The molecule has 0 aromatic heterocycles. The summed E-state index contributed by atoms with van der Waals surface area (Å²) < 4.78 is 5.17. The molecule has 0 radical (unpaired) electrons. The summed E-state index contributed by atoms with van der Waals surface area (Å²) in [5, 5.41) is -0.0711. The minimum absolute atomic E-state index is 0.0722. The number of hydrogen-bond donors (Lipinski definition) is 0. The fourth-order valence-corrected chi connectivity index (χ4v) is 1.70. The molecule has 12 heavy (non-hydrogen) atoms. The van der Waals surface area contributed by atoms with Crippen molar-refractivity contribution >= 4 is 29.0 Å². The van der Waals surface area contributed by atoms with Crippen LogP contribution in [0.3, 0.4) is 0 Å². The Morgan fingerprint density at radius 2 is 2.33 bits per heavy atom. The molecule has 1 atom stereocenters. The number of carbonyl (C=O) groups is 1. The monoisotopic (exact) mass is 208 g/mol. The van der Waals surface area contributed by atoms with Crippen molar-refractivity contribution < 1.29 is 9.53 Å². The van der Waals surface area contributed by atoms with Crippen LogP contribution in [0.2, 0.25) is 0 Å². The average molecular weight is 209 g/mol. The predicted molar refractivity (Wildman–Crippen MR) is 48.4 cm³/mol. The second kappa shape index (κ2) is 4.15. The Morgan fingerprint density at radius 3 is 2.92 bits per heavy atom. The molecular formula is C8H10Cl2O2. The fraction of sp³-hybridized carbons (Fsp3) is 0.625. The quantitative estimate of drug-likeness (QED) is 0.653. The van der Waals surface area contributed by atoms with Crippen LogP contribution < -0.4 is 0 Å². The van der Waals surface area contributed by atoms with Crippen LogP contribution in [0, 0.1) is 0 Å². The standard InChI is InChI=1S/C8H10Cl2O2/c1-2-12-8-5(9)3-4-6(11)7(8)10/h5H,2-4H2,1H3/t5-/m0/s1. The van der Waals surface area contributed by atoms with Crippen LogP contribution in [0.1, 0.15) is 19.8 Å². The van der Waals surface area contributed by atoms with Gasteiger partial charge in [0.2, 0.25) is 0 Å². The number of carbonyl (C=O) groups excluding carboxylic acids is 1. The zero-order chi connectivity index (χ0) is 9.14. The van der Waals surface area contributed by atoms with Crippen molar-refractivity contribution in [2.24, 2.45) is 0 Å². The summed E-state index contributed by atoms with van der Waals surface area (Å²) in [6, 6.07) is 0. The van der Waals surface area contributed by atoms with Gasteiger partial charge in [-0.05, 0) is 13.3 Å². The number of hydrogen-bond acceptors (Lipinski definition) is 2. The minimum atomic E-state index is -0.241. The summed E-state index contributed by atoms with van der Waals surface area (Å²) in [5.74, 6) is 0.370. The van der Waals surface area contributed by atoms with Gasteiger partial charge in [0.15, 0.2) is 5.78 Å². The molecule has 4 heteroatoms. The number of allylic oxidation sites excluding steroid dienone is 2. The first kappa shape index (κ1) is 9.87. The molecule has 1 aliphatic rings. The van der Waals surface area contributed by atoms with Gasteiger partial charge in [-0.2, -0.15) is 0 Å². The molecule has 0 saturated carbocycles. The van der Waals surface area contributed by atoms with Gasteiger partial charge in [-0.3, -0.25) is 4.79 Å². The van der Waals surface area contributed by atoms with Crippen molar-refractivity contribution in [1.29, 1.82) is 0 Å². The molecule has 1 rings (SSSR count). The summed E-state index contributed by atoms with van der Waals surface area (Å²) in [7, 11) is 0. The summed E-state index contributed by atoms with van der Waals surface area (Å²) in [6.45, 7) is 2.32. The van der Waals surface area contributed by atoms with Gasteiger partial charge in [-0.15, -0.1) is 11.6 Å². The Morgan fingerprint density at radius 1 is 1.67 bits per heavy atom. The number of ether oxygens (including phenoxy) is 1. The Kier molecular flexibility index (Phi) is 3.41.